The van der Waals surface area contributed by atoms with Gasteiger partial charge in [0.25, 0.3) is 0 Å². The molecule has 4 aromatic carbocycles. The molecule has 148 valence electrons. The van der Waals surface area contributed by atoms with E-state index in [2.05, 4.69) is 4.72 Å². The number of benzene rings is 4. The molecule has 0 saturated carbocycles. The van der Waals surface area contributed by atoms with Gasteiger partial charge in [-0.25, -0.2) is 13.1 Å². The molecule has 4 aromatic rings. The maximum Gasteiger partial charge on any atom is 0.241 e. The highest BCUT2D eigenvalue weighted by atomic mass is 32.2. The lowest BCUT2D eigenvalue weighted by Gasteiger charge is -2.19. The fourth-order valence-corrected chi connectivity index (χ4v) is 5.18. The van der Waals surface area contributed by atoms with Gasteiger partial charge in [-0.3, -0.25) is 0 Å². The van der Waals surface area contributed by atoms with Crippen LogP contribution in [-0.2, 0) is 10.0 Å². The predicted octanol–water partition coefficient (Wildman–Crippen LogP) is 5.10. The number of anilines is 1. The third-order valence-electron chi connectivity index (χ3n) is 5.24. The van der Waals surface area contributed by atoms with Gasteiger partial charge in [0.05, 0.1) is 4.90 Å². The largest absolute Gasteiger partial charge is 0.377 e. The number of rotatable bonds is 5. The monoisotopic (exact) mass is 404 g/mol. The van der Waals surface area contributed by atoms with Crippen molar-refractivity contribution >= 4 is 37.3 Å². The summed E-state index contributed by atoms with van der Waals surface area (Å²) in [6.07, 6.45) is 0. The molecule has 0 aromatic heterocycles. The Balaban J connectivity index is 1.72. The number of nitrogens with one attached hydrogen (secondary N) is 1. The lowest BCUT2D eigenvalue weighted by Crippen LogP contribution is -2.27. The summed E-state index contributed by atoms with van der Waals surface area (Å²) in [5, 5.41) is 3.86. The highest BCUT2D eigenvalue weighted by Crippen LogP contribution is 2.31. The minimum atomic E-state index is -3.70. The van der Waals surface area contributed by atoms with Crippen molar-refractivity contribution in [2.24, 2.45) is 0 Å². The lowest BCUT2D eigenvalue weighted by molar-refractivity contribution is 0.568. The number of sulfonamides is 1. The van der Waals surface area contributed by atoms with E-state index in [0.29, 0.717) is 4.90 Å². The molecule has 4 rings (SSSR count). The van der Waals surface area contributed by atoms with E-state index in [9.17, 15) is 8.42 Å². The van der Waals surface area contributed by atoms with Crippen LogP contribution in [0.1, 0.15) is 18.5 Å². The van der Waals surface area contributed by atoms with Crippen LogP contribution in [-0.4, -0.2) is 22.5 Å². The highest BCUT2D eigenvalue weighted by molar-refractivity contribution is 7.89. The van der Waals surface area contributed by atoms with Gasteiger partial charge in [-0.05, 0) is 41.5 Å². The van der Waals surface area contributed by atoms with Gasteiger partial charge >= 0.3 is 0 Å². The fourth-order valence-electron chi connectivity index (χ4n) is 3.73. The molecule has 0 amide bonds. The molecule has 1 atom stereocenters. The lowest BCUT2D eigenvalue weighted by atomic mass is 10.0. The standard InChI is InChI=1S/C24H24N2O2S/c1-17(19-15-14-18-8-4-5-9-20(18)16-19)25-29(27,28)24-13-7-10-21-22(24)11-6-12-23(21)26(2)3/h4-17,25H,1-3H3. The topological polar surface area (TPSA) is 49.4 Å². The van der Waals surface area contributed by atoms with Crippen LogP contribution in [0.25, 0.3) is 21.5 Å². The molecule has 0 aliphatic carbocycles. The number of nitrogens with zero attached hydrogens (tertiary/aromatic N) is 1. The Bertz CT molecular complexity index is 1300. The van der Waals surface area contributed by atoms with Crippen LogP contribution in [0.15, 0.2) is 83.8 Å². The fraction of sp³-hybridized carbons (Fsp3) is 0.167. The quantitative estimate of drug-likeness (QED) is 0.503. The summed E-state index contributed by atoms with van der Waals surface area (Å²) >= 11 is 0. The summed E-state index contributed by atoms with van der Waals surface area (Å²) in [5.41, 5.74) is 1.92. The molecule has 0 fully saturated rings. The van der Waals surface area contributed by atoms with Crippen LogP contribution in [0.3, 0.4) is 0 Å². The van der Waals surface area contributed by atoms with Gasteiger partial charge in [-0.15, -0.1) is 0 Å². The van der Waals surface area contributed by atoms with Crippen molar-refractivity contribution in [1.29, 1.82) is 0 Å². The van der Waals surface area contributed by atoms with E-state index in [0.717, 1.165) is 32.8 Å². The van der Waals surface area contributed by atoms with Crippen molar-refractivity contribution in [3.8, 4) is 0 Å². The Morgan fingerprint density at radius 2 is 1.48 bits per heavy atom. The molecule has 5 heteroatoms. The first-order valence-electron chi connectivity index (χ1n) is 9.57. The molecule has 0 aliphatic rings. The molecule has 1 unspecified atom stereocenters. The second-order valence-electron chi connectivity index (χ2n) is 7.47. The van der Waals surface area contributed by atoms with Gasteiger partial charge in [0.2, 0.25) is 10.0 Å². The molecule has 0 aliphatic heterocycles. The summed E-state index contributed by atoms with van der Waals surface area (Å²) in [6.45, 7) is 1.87. The first-order valence-corrected chi connectivity index (χ1v) is 11.1. The minimum Gasteiger partial charge on any atom is -0.377 e. The van der Waals surface area contributed by atoms with Gasteiger partial charge in [-0.2, -0.15) is 0 Å². The Kier molecular flexibility index (Phi) is 5.03. The average molecular weight is 405 g/mol. The van der Waals surface area contributed by atoms with Gasteiger partial charge in [0.15, 0.2) is 0 Å². The molecule has 0 spiro atoms. The molecule has 0 bridgehead atoms. The average Bonchev–Trinajstić information content (AvgIpc) is 2.72. The smallest absolute Gasteiger partial charge is 0.241 e. The third kappa shape index (κ3) is 3.71. The van der Waals surface area contributed by atoms with Crippen molar-refractivity contribution in [2.75, 3.05) is 19.0 Å². The van der Waals surface area contributed by atoms with Crippen molar-refractivity contribution in [3.63, 3.8) is 0 Å². The zero-order valence-corrected chi connectivity index (χ0v) is 17.6. The Labute approximate surface area is 171 Å². The first-order chi connectivity index (χ1) is 13.9. The van der Waals surface area contributed by atoms with E-state index in [1.165, 1.54) is 0 Å². The van der Waals surface area contributed by atoms with Gasteiger partial charge in [0.1, 0.15) is 0 Å². The molecule has 0 saturated heterocycles. The van der Waals surface area contributed by atoms with Crippen LogP contribution in [0.2, 0.25) is 0 Å². The number of hydrogen-bond donors (Lipinski definition) is 1. The van der Waals surface area contributed by atoms with Crippen LogP contribution in [0.4, 0.5) is 5.69 Å². The minimum absolute atomic E-state index is 0.298. The zero-order valence-electron chi connectivity index (χ0n) is 16.8. The predicted molar refractivity (Wildman–Crippen MR) is 121 cm³/mol. The molecule has 1 N–H and O–H groups in total. The summed E-state index contributed by atoms with van der Waals surface area (Å²) in [6, 6.07) is 24.9. The first kappa shape index (κ1) is 19.4. The van der Waals surface area contributed by atoms with Crippen LogP contribution in [0, 0.1) is 0 Å². The van der Waals surface area contributed by atoms with Gasteiger partial charge < -0.3 is 4.90 Å². The highest BCUT2D eigenvalue weighted by Gasteiger charge is 2.21. The zero-order chi connectivity index (χ0) is 20.6. The molecule has 0 radical (unpaired) electrons. The van der Waals surface area contributed by atoms with Gasteiger partial charge in [-0.1, -0.05) is 60.7 Å². The summed E-state index contributed by atoms with van der Waals surface area (Å²) in [7, 11) is 0.210. The van der Waals surface area contributed by atoms with Gasteiger partial charge in [0, 0.05) is 36.6 Å². The Morgan fingerprint density at radius 3 is 2.24 bits per heavy atom. The van der Waals surface area contributed by atoms with Crippen molar-refractivity contribution < 1.29 is 8.42 Å². The van der Waals surface area contributed by atoms with E-state index >= 15 is 0 Å². The van der Waals surface area contributed by atoms with Crippen LogP contribution < -0.4 is 9.62 Å². The molecule has 29 heavy (non-hydrogen) atoms. The van der Waals surface area contributed by atoms with E-state index in [4.69, 9.17) is 0 Å². The SMILES string of the molecule is CC(NS(=O)(=O)c1cccc2c(N(C)C)cccc12)c1ccc2ccccc2c1. The maximum atomic E-state index is 13.2. The van der Waals surface area contributed by atoms with Crippen molar-refractivity contribution in [2.45, 2.75) is 17.9 Å². The molecular formula is C24H24N2O2S. The Morgan fingerprint density at radius 1 is 0.793 bits per heavy atom. The van der Waals surface area contributed by atoms with Crippen LogP contribution >= 0.6 is 0 Å². The second kappa shape index (κ2) is 7.50. The normalized spacial score (nSPS) is 12.9. The van der Waals surface area contributed by atoms with E-state index in [1.54, 1.807) is 12.1 Å². The number of fused-ring (bicyclic) bond motifs is 2. The molecule has 4 nitrogen and oxygen atoms in total. The number of hydrogen-bond acceptors (Lipinski definition) is 3. The Hall–Kier alpha value is -2.89. The van der Waals surface area contributed by atoms with Crippen molar-refractivity contribution in [3.05, 3.63) is 84.4 Å². The second-order valence-corrected chi connectivity index (χ2v) is 9.15. The summed E-state index contributed by atoms with van der Waals surface area (Å²) in [5.74, 6) is 0. The van der Waals surface area contributed by atoms with E-state index in [1.807, 2.05) is 92.6 Å². The van der Waals surface area contributed by atoms with Crippen LogP contribution in [0.5, 0.6) is 0 Å². The molecular weight excluding hydrogens is 380 g/mol. The summed E-state index contributed by atoms with van der Waals surface area (Å²) < 4.78 is 29.4. The van der Waals surface area contributed by atoms with E-state index < -0.39 is 10.0 Å². The van der Waals surface area contributed by atoms with Crippen molar-refractivity contribution in [1.82, 2.24) is 4.72 Å². The maximum absolute atomic E-state index is 13.2. The third-order valence-corrected chi connectivity index (χ3v) is 6.83. The summed E-state index contributed by atoms with van der Waals surface area (Å²) in [4.78, 5) is 2.29. The van der Waals surface area contributed by atoms with E-state index in [-0.39, 0.29) is 6.04 Å². The molecule has 0 heterocycles.